The van der Waals surface area contributed by atoms with Crippen molar-refractivity contribution < 1.29 is 14.0 Å². The lowest BCUT2D eigenvalue weighted by Gasteiger charge is -2.47. The topological polar surface area (TPSA) is 38.7 Å². The van der Waals surface area contributed by atoms with Gasteiger partial charge in [-0.15, -0.1) is 0 Å². The molecule has 0 unspecified atom stereocenters. The van der Waals surface area contributed by atoms with Gasteiger partial charge in [0.1, 0.15) is 0 Å². The molecule has 0 saturated carbocycles. The van der Waals surface area contributed by atoms with Crippen molar-refractivity contribution in [2.75, 3.05) is 6.61 Å². The number of hydrogen-bond acceptors (Lipinski definition) is 3. The lowest BCUT2D eigenvalue weighted by molar-refractivity contribution is -0.0309. The van der Waals surface area contributed by atoms with Crippen molar-refractivity contribution in [1.29, 1.82) is 0 Å². The Hall–Kier alpha value is 0.0538. The maximum atomic E-state index is 10.7. The molecule has 3 nitrogen and oxygen atoms in total. The molecule has 0 aromatic heterocycles. The molecule has 0 saturated heterocycles. The van der Waals surface area contributed by atoms with Crippen LogP contribution in [-0.2, 0) is 8.85 Å². The molecule has 0 heterocycles. The molecule has 29 heavy (non-hydrogen) atoms. The molecule has 0 aliphatic heterocycles. The second kappa shape index (κ2) is 8.89. The van der Waals surface area contributed by atoms with Gasteiger partial charge in [-0.05, 0) is 67.2 Å². The van der Waals surface area contributed by atoms with E-state index in [-0.39, 0.29) is 28.9 Å². The van der Waals surface area contributed by atoms with Gasteiger partial charge in [0.05, 0.1) is 18.8 Å². The summed E-state index contributed by atoms with van der Waals surface area (Å²) in [6.07, 6.45) is 3.21. The molecule has 0 aromatic carbocycles. The van der Waals surface area contributed by atoms with Crippen molar-refractivity contribution in [2.24, 2.45) is 5.41 Å². The Morgan fingerprint density at radius 3 is 1.66 bits per heavy atom. The van der Waals surface area contributed by atoms with Crippen LogP contribution in [-0.4, -0.2) is 40.6 Å². The zero-order chi connectivity index (χ0) is 23.1. The third-order valence-electron chi connectivity index (χ3n) is 7.99. The van der Waals surface area contributed by atoms with Gasteiger partial charge in [-0.1, -0.05) is 61.8 Å². The SMILES string of the molecule is CCCCC1=C(C)[C@H](O[Si](C)(C)C(C)(C)C)[C@@](C)(CO)[C@@H]1O[Si](C)(C)C(C)(C)C. The summed E-state index contributed by atoms with van der Waals surface area (Å²) in [5.74, 6) is 0. The van der Waals surface area contributed by atoms with Crippen LogP contribution in [0.2, 0.25) is 36.3 Å². The van der Waals surface area contributed by atoms with Crippen molar-refractivity contribution >= 4 is 16.6 Å². The Kier molecular flexibility index (Phi) is 8.31. The van der Waals surface area contributed by atoms with Crippen molar-refractivity contribution in [3.63, 3.8) is 0 Å². The zero-order valence-corrected chi connectivity index (χ0v) is 23.7. The van der Waals surface area contributed by atoms with Crippen molar-refractivity contribution in [2.45, 2.75) is 130 Å². The molecule has 0 bridgehead atoms. The van der Waals surface area contributed by atoms with E-state index in [1.165, 1.54) is 11.1 Å². The van der Waals surface area contributed by atoms with Gasteiger partial charge < -0.3 is 14.0 Å². The molecule has 1 rings (SSSR count). The molecule has 1 aliphatic rings. The summed E-state index contributed by atoms with van der Waals surface area (Å²) in [6.45, 7) is 29.7. The van der Waals surface area contributed by atoms with Gasteiger partial charge in [0, 0.05) is 5.41 Å². The van der Waals surface area contributed by atoms with E-state index < -0.39 is 22.0 Å². The fourth-order valence-corrected chi connectivity index (χ4v) is 6.38. The summed E-state index contributed by atoms with van der Waals surface area (Å²) in [4.78, 5) is 0. The van der Waals surface area contributed by atoms with Crippen LogP contribution >= 0.6 is 0 Å². The van der Waals surface area contributed by atoms with Gasteiger partial charge in [0.2, 0.25) is 0 Å². The van der Waals surface area contributed by atoms with Gasteiger partial charge in [-0.25, -0.2) is 0 Å². The fraction of sp³-hybridized carbons (Fsp3) is 0.917. The van der Waals surface area contributed by atoms with E-state index in [4.69, 9.17) is 8.85 Å². The molecule has 5 heteroatoms. The summed E-state index contributed by atoms with van der Waals surface area (Å²) in [7, 11) is -3.99. The third-order valence-corrected chi connectivity index (χ3v) is 16.9. The van der Waals surface area contributed by atoms with E-state index in [9.17, 15) is 5.11 Å². The van der Waals surface area contributed by atoms with Crippen LogP contribution in [0.15, 0.2) is 11.1 Å². The highest BCUT2D eigenvalue weighted by molar-refractivity contribution is 6.74. The van der Waals surface area contributed by atoms with E-state index in [1.54, 1.807) is 0 Å². The first kappa shape index (κ1) is 27.1. The largest absolute Gasteiger partial charge is 0.410 e. The smallest absolute Gasteiger partial charge is 0.192 e. The number of aliphatic hydroxyl groups is 1. The average molecular weight is 443 g/mol. The highest BCUT2D eigenvalue weighted by Gasteiger charge is 2.56. The molecule has 3 atom stereocenters. The lowest BCUT2D eigenvalue weighted by Crippen LogP contribution is -2.54. The van der Waals surface area contributed by atoms with Crippen LogP contribution in [0, 0.1) is 5.41 Å². The maximum absolute atomic E-state index is 10.7. The number of unbranched alkanes of at least 4 members (excludes halogenated alkanes) is 1. The molecule has 0 spiro atoms. The molecular formula is C24H50O3Si2. The summed E-state index contributed by atoms with van der Waals surface area (Å²) in [6, 6.07) is 0. The first-order valence-electron chi connectivity index (χ1n) is 11.5. The molecule has 0 fully saturated rings. The van der Waals surface area contributed by atoms with E-state index in [2.05, 4.69) is 88.5 Å². The molecule has 0 aromatic rings. The van der Waals surface area contributed by atoms with Crippen LogP contribution in [0.1, 0.15) is 81.6 Å². The van der Waals surface area contributed by atoms with Crippen molar-refractivity contribution in [3.05, 3.63) is 11.1 Å². The summed E-state index contributed by atoms with van der Waals surface area (Å²) < 4.78 is 14.0. The van der Waals surface area contributed by atoms with Crippen LogP contribution in [0.3, 0.4) is 0 Å². The standard InChI is InChI=1S/C24H50O3Si2/c1-14-15-16-19-18(2)20(26-28(10,11)22(3,4)5)24(9,17-25)21(19)27-29(12,13)23(6,7)8/h20-21,25H,14-17H2,1-13H3/t20-,21+,24+/m0/s1. The highest BCUT2D eigenvalue weighted by atomic mass is 28.4. The first-order chi connectivity index (χ1) is 12.9. The zero-order valence-electron chi connectivity index (χ0n) is 21.7. The van der Waals surface area contributed by atoms with E-state index >= 15 is 0 Å². The highest BCUT2D eigenvalue weighted by Crippen LogP contribution is 2.52. The van der Waals surface area contributed by atoms with Gasteiger partial charge in [-0.2, -0.15) is 0 Å². The molecule has 1 aliphatic carbocycles. The third kappa shape index (κ3) is 5.46. The first-order valence-corrected chi connectivity index (χ1v) is 17.3. The summed E-state index contributed by atoms with van der Waals surface area (Å²) >= 11 is 0. The maximum Gasteiger partial charge on any atom is 0.192 e. The molecule has 172 valence electrons. The Labute approximate surface area is 183 Å². The fourth-order valence-electron chi connectivity index (χ4n) is 3.64. The number of hydrogen-bond donors (Lipinski definition) is 1. The quantitative estimate of drug-likeness (QED) is 0.317. The number of aliphatic hydroxyl groups excluding tert-OH is 1. The van der Waals surface area contributed by atoms with Gasteiger partial charge >= 0.3 is 0 Å². The van der Waals surface area contributed by atoms with Gasteiger partial charge in [0.25, 0.3) is 0 Å². The van der Waals surface area contributed by atoms with Gasteiger partial charge in [0.15, 0.2) is 16.6 Å². The van der Waals surface area contributed by atoms with Crippen LogP contribution in [0.5, 0.6) is 0 Å². The van der Waals surface area contributed by atoms with Crippen molar-refractivity contribution in [1.82, 2.24) is 0 Å². The monoisotopic (exact) mass is 442 g/mol. The predicted octanol–water partition coefficient (Wildman–Crippen LogP) is 7.29. The minimum Gasteiger partial charge on any atom is -0.410 e. The van der Waals surface area contributed by atoms with Crippen LogP contribution in [0.4, 0.5) is 0 Å². The summed E-state index contributed by atoms with van der Waals surface area (Å²) in [5.41, 5.74) is 2.26. The Balaban J connectivity index is 3.47. The minimum absolute atomic E-state index is 0.0605. The molecular weight excluding hydrogens is 392 g/mol. The van der Waals surface area contributed by atoms with Crippen molar-refractivity contribution in [3.8, 4) is 0 Å². The molecule has 1 N–H and O–H groups in total. The van der Waals surface area contributed by atoms with E-state index in [0.29, 0.717) is 0 Å². The second-order valence-corrected chi connectivity index (χ2v) is 22.0. The Morgan fingerprint density at radius 2 is 1.31 bits per heavy atom. The van der Waals surface area contributed by atoms with Crippen LogP contribution in [0.25, 0.3) is 0 Å². The van der Waals surface area contributed by atoms with Gasteiger partial charge in [-0.3, -0.25) is 0 Å². The average Bonchev–Trinajstić information content (AvgIpc) is 2.72. The second-order valence-electron chi connectivity index (χ2n) is 12.5. The van der Waals surface area contributed by atoms with E-state index in [0.717, 1.165) is 19.3 Å². The lowest BCUT2D eigenvalue weighted by atomic mass is 9.82. The normalized spacial score (nSPS) is 27.1. The minimum atomic E-state index is -2.00. The number of rotatable bonds is 8. The predicted molar refractivity (Wildman–Crippen MR) is 132 cm³/mol. The van der Waals surface area contributed by atoms with Crippen LogP contribution < -0.4 is 0 Å². The molecule has 0 radical (unpaired) electrons. The van der Waals surface area contributed by atoms with E-state index in [1.807, 2.05) is 0 Å². The summed E-state index contributed by atoms with van der Waals surface area (Å²) in [5, 5.41) is 10.9. The molecule has 0 amide bonds. The Morgan fingerprint density at radius 1 is 0.897 bits per heavy atom. The Bertz CT molecular complexity index is 596.